The maximum Gasteiger partial charge on any atom is 0.224 e. The summed E-state index contributed by atoms with van der Waals surface area (Å²) in [7, 11) is 1.83. The standard InChI is InChI=1S/C14H21FN2O/c1-4-17(14(18)9-10-16-3)11(2)12-5-7-13(15)8-6-12/h5-8,11,16H,4,9-10H2,1-3H3. The highest BCUT2D eigenvalue weighted by molar-refractivity contribution is 5.76. The molecular formula is C14H21FN2O. The Hall–Kier alpha value is -1.42. The Bertz CT molecular complexity index is 378. The maximum absolute atomic E-state index is 12.9. The second kappa shape index (κ2) is 7.11. The monoisotopic (exact) mass is 252 g/mol. The van der Waals surface area contributed by atoms with Crippen LogP contribution in [0, 0.1) is 5.82 Å². The van der Waals surface area contributed by atoms with Gasteiger partial charge in [-0.05, 0) is 38.6 Å². The van der Waals surface area contributed by atoms with Gasteiger partial charge in [0.25, 0.3) is 0 Å². The van der Waals surface area contributed by atoms with Crippen molar-refractivity contribution >= 4 is 5.91 Å². The molecule has 1 atom stereocenters. The largest absolute Gasteiger partial charge is 0.336 e. The van der Waals surface area contributed by atoms with Gasteiger partial charge in [0.1, 0.15) is 5.82 Å². The Kier molecular flexibility index (Phi) is 5.78. The molecule has 1 N–H and O–H groups in total. The predicted molar refractivity (Wildman–Crippen MR) is 70.7 cm³/mol. The zero-order valence-electron chi connectivity index (χ0n) is 11.2. The van der Waals surface area contributed by atoms with Crippen molar-refractivity contribution in [3.63, 3.8) is 0 Å². The third kappa shape index (κ3) is 3.81. The number of carbonyl (C=O) groups is 1. The number of carbonyl (C=O) groups excluding carboxylic acids is 1. The van der Waals surface area contributed by atoms with Gasteiger partial charge in [0, 0.05) is 19.5 Å². The molecule has 18 heavy (non-hydrogen) atoms. The van der Waals surface area contributed by atoms with E-state index < -0.39 is 0 Å². The van der Waals surface area contributed by atoms with Gasteiger partial charge in [-0.1, -0.05) is 12.1 Å². The number of amides is 1. The van der Waals surface area contributed by atoms with E-state index in [0.29, 0.717) is 19.5 Å². The van der Waals surface area contributed by atoms with Gasteiger partial charge >= 0.3 is 0 Å². The average Bonchev–Trinajstić information content (AvgIpc) is 2.37. The summed E-state index contributed by atoms with van der Waals surface area (Å²) in [6.45, 7) is 5.25. The van der Waals surface area contributed by atoms with Crippen LogP contribution in [0.15, 0.2) is 24.3 Å². The van der Waals surface area contributed by atoms with E-state index in [1.807, 2.05) is 25.8 Å². The fourth-order valence-corrected chi connectivity index (χ4v) is 1.96. The summed E-state index contributed by atoms with van der Waals surface area (Å²) in [6, 6.07) is 6.29. The quantitative estimate of drug-likeness (QED) is 0.843. The van der Waals surface area contributed by atoms with Gasteiger partial charge in [0.15, 0.2) is 0 Å². The van der Waals surface area contributed by atoms with Gasteiger partial charge < -0.3 is 10.2 Å². The molecule has 1 unspecified atom stereocenters. The van der Waals surface area contributed by atoms with E-state index in [1.54, 1.807) is 12.1 Å². The average molecular weight is 252 g/mol. The lowest BCUT2D eigenvalue weighted by Gasteiger charge is -2.28. The second-order valence-corrected chi connectivity index (χ2v) is 4.26. The van der Waals surface area contributed by atoms with Crippen LogP contribution in [0.5, 0.6) is 0 Å². The number of benzene rings is 1. The van der Waals surface area contributed by atoms with Crippen LogP contribution in [0.4, 0.5) is 4.39 Å². The van der Waals surface area contributed by atoms with Crippen molar-refractivity contribution in [3.8, 4) is 0 Å². The molecule has 0 spiro atoms. The third-order valence-corrected chi connectivity index (χ3v) is 3.07. The molecule has 1 aromatic rings. The second-order valence-electron chi connectivity index (χ2n) is 4.26. The molecule has 4 heteroatoms. The third-order valence-electron chi connectivity index (χ3n) is 3.07. The molecule has 0 fully saturated rings. The Balaban J connectivity index is 2.75. The molecule has 0 saturated carbocycles. The van der Waals surface area contributed by atoms with E-state index in [0.717, 1.165) is 5.56 Å². The van der Waals surface area contributed by atoms with Crippen LogP contribution in [0.3, 0.4) is 0 Å². The number of hydrogen-bond donors (Lipinski definition) is 1. The SMILES string of the molecule is CCN(C(=O)CCNC)C(C)c1ccc(F)cc1. The molecule has 0 bridgehead atoms. The highest BCUT2D eigenvalue weighted by Gasteiger charge is 2.19. The molecule has 0 radical (unpaired) electrons. The topological polar surface area (TPSA) is 32.3 Å². The number of hydrogen-bond acceptors (Lipinski definition) is 2. The minimum absolute atomic E-state index is 0.0278. The first-order chi connectivity index (χ1) is 8.60. The molecular weight excluding hydrogens is 231 g/mol. The van der Waals surface area contributed by atoms with Gasteiger partial charge in [0.2, 0.25) is 5.91 Å². The molecule has 3 nitrogen and oxygen atoms in total. The minimum atomic E-state index is -0.254. The molecule has 0 heterocycles. The first kappa shape index (κ1) is 14.6. The van der Waals surface area contributed by atoms with E-state index in [4.69, 9.17) is 0 Å². The molecule has 100 valence electrons. The molecule has 0 aliphatic rings. The van der Waals surface area contributed by atoms with Gasteiger partial charge in [-0.15, -0.1) is 0 Å². The van der Waals surface area contributed by atoms with Crippen molar-refractivity contribution in [1.82, 2.24) is 10.2 Å². The van der Waals surface area contributed by atoms with Gasteiger partial charge in [0.05, 0.1) is 6.04 Å². The molecule has 0 aliphatic heterocycles. The molecule has 1 aromatic carbocycles. The lowest BCUT2D eigenvalue weighted by Crippen LogP contribution is -2.34. The highest BCUT2D eigenvalue weighted by atomic mass is 19.1. The van der Waals surface area contributed by atoms with Gasteiger partial charge in [-0.2, -0.15) is 0 Å². The van der Waals surface area contributed by atoms with Crippen LogP contribution in [-0.4, -0.2) is 30.9 Å². The first-order valence-corrected chi connectivity index (χ1v) is 6.29. The van der Waals surface area contributed by atoms with E-state index in [2.05, 4.69) is 5.32 Å². The molecule has 0 aromatic heterocycles. The maximum atomic E-state index is 12.9. The number of halogens is 1. The van der Waals surface area contributed by atoms with Crippen molar-refractivity contribution in [1.29, 1.82) is 0 Å². The van der Waals surface area contributed by atoms with E-state index >= 15 is 0 Å². The van der Waals surface area contributed by atoms with Crippen LogP contribution < -0.4 is 5.32 Å². The lowest BCUT2D eigenvalue weighted by atomic mass is 10.1. The summed E-state index contributed by atoms with van der Waals surface area (Å²) in [6.07, 6.45) is 0.482. The van der Waals surface area contributed by atoms with Crippen molar-refractivity contribution < 1.29 is 9.18 Å². The summed E-state index contributed by atoms with van der Waals surface area (Å²) in [5.41, 5.74) is 0.955. The molecule has 1 amide bonds. The normalized spacial score (nSPS) is 12.2. The summed E-state index contributed by atoms with van der Waals surface area (Å²) in [5, 5.41) is 2.97. The summed E-state index contributed by atoms with van der Waals surface area (Å²) in [5.74, 6) is -0.140. The number of nitrogens with one attached hydrogen (secondary N) is 1. The lowest BCUT2D eigenvalue weighted by molar-refractivity contribution is -0.133. The van der Waals surface area contributed by atoms with Crippen LogP contribution in [0.25, 0.3) is 0 Å². The molecule has 0 aliphatic carbocycles. The Morgan fingerprint density at radius 2 is 2.00 bits per heavy atom. The van der Waals surface area contributed by atoms with E-state index in [9.17, 15) is 9.18 Å². The van der Waals surface area contributed by atoms with Crippen molar-refractivity contribution in [3.05, 3.63) is 35.6 Å². The summed E-state index contributed by atoms with van der Waals surface area (Å²) >= 11 is 0. The Morgan fingerprint density at radius 1 is 1.39 bits per heavy atom. The molecule has 0 saturated heterocycles. The van der Waals surface area contributed by atoms with E-state index in [1.165, 1.54) is 12.1 Å². The van der Waals surface area contributed by atoms with Gasteiger partial charge in [-0.3, -0.25) is 4.79 Å². The van der Waals surface area contributed by atoms with Crippen LogP contribution in [0.2, 0.25) is 0 Å². The zero-order chi connectivity index (χ0) is 13.5. The first-order valence-electron chi connectivity index (χ1n) is 6.29. The number of nitrogens with zero attached hydrogens (tertiary/aromatic N) is 1. The highest BCUT2D eigenvalue weighted by Crippen LogP contribution is 2.20. The fourth-order valence-electron chi connectivity index (χ4n) is 1.96. The van der Waals surface area contributed by atoms with Crippen LogP contribution in [0.1, 0.15) is 31.9 Å². The Morgan fingerprint density at radius 3 is 2.50 bits per heavy atom. The Labute approximate surface area is 108 Å². The van der Waals surface area contributed by atoms with E-state index in [-0.39, 0.29) is 17.8 Å². The fraction of sp³-hybridized carbons (Fsp3) is 0.500. The summed E-state index contributed by atoms with van der Waals surface area (Å²) in [4.78, 5) is 13.8. The van der Waals surface area contributed by atoms with Crippen molar-refractivity contribution in [2.24, 2.45) is 0 Å². The minimum Gasteiger partial charge on any atom is -0.336 e. The van der Waals surface area contributed by atoms with Gasteiger partial charge in [-0.25, -0.2) is 4.39 Å². The van der Waals surface area contributed by atoms with Crippen molar-refractivity contribution in [2.45, 2.75) is 26.3 Å². The van der Waals surface area contributed by atoms with Crippen LogP contribution in [-0.2, 0) is 4.79 Å². The van der Waals surface area contributed by atoms with Crippen molar-refractivity contribution in [2.75, 3.05) is 20.1 Å². The summed E-state index contributed by atoms with van der Waals surface area (Å²) < 4.78 is 12.9. The molecule has 1 rings (SSSR count). The zero-order valence-corrected chi connectivity index (χ0v) is 11.2. The smallest absolute Gasteiger partial charge is 0.224 e. The predicted octanol–water partition coefficient (Wildman–Crippen LogP) is 2.34. The van der Waals surface area contributed by atoms with Crippen LogP contribution >= 0.6 is 0 Å². The number of rotatable bonds is 6.